The zero-order chi connectivity index (χ0) is 10.9. The Morgan fingerprint density at radius 3 is 2.67 bits per heavy atom. The third kappa shape index (κ3) is 1.88. The maximum atomic E-state index is 11.7. The van der Waals surface area contributed by atoms with Gasteiger partial charge in [-0.2, -0.15) is 0 Å². The number of ether oxygens (including phenoxy) is 2. The minimum absolute atomic E-state index is 0.00807. The number of benzene rings is 1. The summed E-state index contributed by atoms with van der Waals surface area (Å²) in [6.07, 6.45) is 0.842. The molecule has 0 N–H and O–H groups in total. The Morgan fingerprint density at radius 2 is 2.13 bits per heavy atom. The van der Waals surface area contributed by atoms with Crippen molar-refractivity contribution < 1.29 is 14.3 Å². The molecule has 2 unspecified atom stereocenters. The Morgan fingerprint density at radius 1 is 1.47 bits per heavy atom. The number of carbonyl (C=O) groups excluding carboxylic acids is 1. The van der Waals surface area contributed by atoms with Crippen molar-refractivity contribution in [2.75, 3.05) is 0 Å². The van der Waals surface area contributed by atoms with E-state index in [9.17, 15) is 4.79 Å². The Labute approximate surface area is 89.0 Å². The van der Waals surface area contributed by atoms with Crippen LogP contribution in [0.4, 0.5) is 0 Å². The summed E-state index contributed by atoms with van der Waals surface area (Å²) in [4.78, 5) is 11.7. The van der Waals surface area contributed by atoms with Crippen molar-refractivity contribution >= 4 is 5.97 Å². The van der Waals surface area contributed by atoms with Gasteiger partial charge in [-0.3, -0.25) is 0 Å². The van der Waals surface area contributed by atoms with E-state index in [-0.39, 0.29) is 12.1 Å². The normalized spacial score (nSPS) is 28.5. The topological polar surface area (TPSA) is 38.8 Å². The molecule has 15 heavy (non-hydrogen) atoms. The summed E-state index contributed by atoms with van der Waals surface area (Å²) < 4.78 is 10.5. The number of carbonyl (C=O) groups is 1. The van der Waals surface area contributed by atoms with E-state index in [0.717, 1.165) is 6.42 Å². The first-order chi connectivity index (χ1) is 7.16. The highest BCUT2D eigenvalue weighted by molar-refractivity contribution is 5.84. The van der Waals surface area contributed by atoms with E-state index < -0.39 is 5.60 Å². The van der Waals surface area contributed by atoms with Crippen LogP contribution in [0.1, 0.15) is 20.3 Å². The zero-order valence-corrected chi connectivity index (χ0v) is 8.90. The average Bonchev–Trinajstić information content (AvgIpc) is 2.93. The van der Waals surface area contributed by atoms with Crippen molar-refractivity contribution in [1.29, 1.82) is 0 Å². The molecule has 1 aliphatic rings. The lowest BCUT2D eigenvalue weighted by Crippen LogP contribution is -2.28. The summed E-state index contributed by atoms with van der Waals surface area (Å²) in [5, 5.41) is 0. The molecule has 3 nitrogen and oxygen atoms in total. The summed E-state index contributed by atoms with van der Waals surface area (Å²) in [7, 11) is 0. The van der Waals surface area contributed by atoms with Gasteiger partial charge in [0, 0.05) is 0 Å². The van der Waals surface area contributed by atoms with E-state index in [4.69, 9.17) is 9.47 Å². The van der Waals surface area contributed by atoms with E-state index in [1.54, 1.807) is 19.1 Å². The van der Waals surface area contributed by atoms with Crippen LogP contribution in [0.15, 0.2) is 30.3 Å². The van der Waals surface area contributed by atoms with Crippen molar-refractivity contribution in [1.82, 2.24) is 0 Å². The van der Waals surface area contributed by atoms with E-state index >= 15 is 0 Å². The number of rotatable bonds is 3. The molecule has 0 aliphatic carbocycles. The first-order valence-electron chi connectivity index (χ1n) is 5.12. The molecular weight excluding hydrogens is 192 g/mol. The van der Waals surface area contributed by atoms with Crippen molar-refractivity contribution in [2.45, 2.75) is 32.0 Å². The molecule has 0 aromatic heterocycles. The van der Waals surface area contributed by atoms with Gasteiger partial charge in [0.1, 0.15) is 5.75 Å². The number of epoxide rings is 1. The lowest BCUT2D eigenvalue weighted by molar-refractivity contribution is -0.139. The van der Waals surface area contributed by atoms with Gasteiger partial charge in [-0.1, -0.05) is 25.1 Å². The van der Waals surface area contributed by atoms with Gasteiger partial charge in [-0.15, -0.1) is 0 Å². The fraction of sp³-hybridized carbons (Fsp3) is 0.417. The lowest BCUT2D eigenvalue weighted by atomic mass is 10.1. The fourth-order valence-corrected chi connectivity index (χ4v) is 1.61. The van der Waals surface area contributed by atoms with Crippen LogP contribution in [0.2, 0.25) is 0 Å². The summed E-state index contributed by atoms with van der Waals surface area (Å²) >= 11 is 0. The van der Waals surface area contributed by atoms with Gasteiger partial charge in [0.2, 0.25) is 0 Å². The molecule has 0 amide bonds. The van der Waals surface area contributed by atoms with Gasteiger partial charge >= 0.3 is 5.97 Å². The van der Waals surface area contributed by atoms with Crippen molar-refractivity contribution in [2.24, 2.45) is 0 Å². The Bertz CT molecular complexity index is 360. The summed E-state index contributed by atoms with van der Waals surface area (Å²) in [6.45, 7) is 3.76. The van der Waals surface area contributed by atoms with Crippen molar-refractivity contribution in [3.05, 3.63) is 30.3 Å². The third-order valence-electron chi connectivity index (χ3n) is 2.67. The Hall–Kier alpha value is -1.35. The van der Waals surface area contributed by atoms with Crippen LogP contribution in [-0.2, 0) is 9.53 Å². The Kier molecular flexibility index (Phi) is 2.49. The number of para-hydroxylation sites is 1. The molecule has 1 aliphatic heterocycles. The van der Waals surface area contributed by atoms with Crippen LogP contribution in [0.3, 0.4) is 0 Å². The van der Waals surface area contributed by atoms with Gasteiger partial charge < -0.3 is 9.47 Å². The SMILES string of the molecule is CCC1OC1(C)C(=O)Oc1ccccc1. The molecule has 0 spiro atoms. The molecule has 1 heterocycles. The number of esters is 1. The smallest absolute Gasteiger partial charge is 0.346 e. The Balaban J connectivity index is 2.00. The van der Waals surface area contributed by atoms with E-state index in [1.807, 2.05) is 25.1 Å². The summed E-state index contributed by atoms with van der Waals surface area (Å²) in [5.74, 6) is 0.259. The molecule has 0 saturated carbocycles. The molecule has 2 atom stereocenters. The highest BCUT2D eigenvalue weighted by atomic mass is 16.7. The molecule has 2 rings (SSSR count). The molecule has 1 fully saturated rings. The van der Waals surface area contributed by atoms with E-state index in [2.05, 4.69) is 0 Å². The summed E-state index contributed by atoms with van der Waals surface area (Å²) in [5.41, 5.74) is -0.732. The van der Waals surface area contributed by atoms with E-state index in [1.165, 1.54) is 0 Å². The minimum Gasteiger partial charge on any atom is -0.424 e. The maximum absolute atomic E-state index is 11.7. The van der Waals surface area contributed by atoms with Crippen LogP contribution < -0.4 is 4.74 Å². The van der Waals surface area contributed by atoms with E-state index in [0.29, 0.717) is 5.75 Å². The largest absolute Gasteiger partial charge is 0.424 e. The van der Waals surface area contributed by atoms with Gasteiger partial charge in [0.15, 0.2) is 5.60 Å². The van der Waals surface area contributed by atoms with Gasteiger partial charge in [0.25, 0.3) is 0 Å². The summed E-state index contributed by atoms with van der Waals surface area (Å²) in [6, 6.07) is 9.04. The first kappa shape index (κ1) is 10.2. The second-order valence-electron chi connectivity index (χ2n) is 3.82. The highest BCUT2D eigenvalue weighted by Crippen LogP contribution is 2.39. The number of hydrogen-bond donors (Lipinski definition) is 0. The quantitative estimate of drug-likeness (QED) is 0.432. The van der Waals surface area contributed by atoms with Crippen LogP contribution in [0.25, 0.3) is 0 Å². The fourth-order valence-electron chi connectivity index (χ4n) is 1.61. The van der Waals surface area contributed by atoms with Crippen LogP contribution in [0.5, 0.6) is 5.75 Å². The zero-order valence-electron chi connectivity index (χ0n) is 8.90. The molecule has 0 bridgehead atoms. The standard InChI is InChI=1S/C12H14O3/c1-3-10-12(2,15-10)11(13)14-9-7-5-4-6-8-9/h4-8,10H,3H2,1-2H3. The van der Waals surface area contributed by atoms with Crippen LogP contribution in [0, 0.1) is 0 Å². The molecule has 1 aromatic rings. The lowest BCUT2D eigenvalue weighted by Gasteiger charge is -2.06. The molecular formula is C12H14O3. The first-order valence-corrected chi connectivity index (χ1v) is 5.12. The monoisotopic (exact) mass is 206 g/mol. The van der Waals surface area contributed by atoms with Crippen molar-refractivity contribution in [3.63, 3.8) is 0 Å². The highest BCUT2D eigenvalue weighted by Gasteiger charge is 2.58. The van der Waals surface area contributed by atoms with Gasteiger partial charge in [0.05, 0.1) is 6.10 Å². The average molecular weight is 206 g/mol. The minimum atomic E-state index is -0.732. The molecule has 80 valence electrons. The van der Waals surface area contributed by atoms with Crippen molar-refractivity contribution in [3.8, 4) is 5.75 Å². The molecule has 0 radical (unpaired) electrons. The molecule has 1 saturated heterocycles. The van der Waals surface area contributed by atoms with Crippen LogP contribution in [-0.4, -0.2) is 17.7 Å². The van der Waals surface area contributed by atoms with Gasteiger partial charge in [-0.25, -0.2) is 4.79 Å². The second kappa shape index (κ2) is 3.66. The predicted octanol–water partition coefficient (Wildman–Crippen LogP) is 2.16. The molecule has 3 heteroatoms. The van der Waals surface area contributed by atoms with Crippen LogP contribution >= 0.6 is 0 Å². The third-order valence-corrected chi connectivity index (χ3v) is 2.67. The van der Waals surface area contributed by atoms with Gasteiger partial charge in [-0.05, 0) is 25.5 Å². The number of hydrogen-bond acceptors (Lipinski definition) is 3. The molecule has 1 aromatic carbocycles. The second-order valence-corrected chi connectivity index (χ2v) is 3.82. The predicted molar refractivity (Wildman–Crippen MR) is 55.6 cm³/mol. The maximum Gasteiger partial charge on any atom is 0.346 e.